The molecular formula is C13H26N2OS. The second-order valence-corrected chi connectivity index (χ2v) is 6.28. The van der Waals surface area contributed by atoms with Crippen LogP contribution in [0.3, 0.4) is 0 Å². The predicted molar refractivity (Wildman–Crippen MR) is 75.1 cm³/mol. The van der Waals surface area contributed by atoms with Crippen LogP contribution in [0.4, 0.5) is 0 Å². The molecule has 17 heavy (non-hydrogen) atoms. The smallest absolute Gasteiger partial charge is 0.237 e. The molecule has 1 fully saturated rings. The first-order valence-electron chi connectivity index (χ1n) is 6.67. The van der Waals surface area contributed by atoms with Crippen LogP contribution in [0.15, 0.2) is 0 Å². The zero-order valence-electron chi connectivity index (χ0n) is 11.2. The summed E-state index contributed by atoms with van der Waals surface area (Å²) in [4.78, 5) is 12.0. The van der Waals surface area contributed by atoms with Crippen molar-refractivity contribution < 1.29 is 4.79 Å². The predicted octanol–water partition coefficient (Wildman–Crippen LogP) is 2.15. The highest BCUT2D eigenvalue weighted by Gasteiger charge is 2.26. The standard InChI is InChI=1S/C13H26N2OS/c1-4-9(2)12(14)13(16)15-10-6-5-7-11(8-10)17-3/h9-12H,4-8,14H2,1-3H3,(H,15,16). The summed E-state index contributed by atoms with van der Waals surface area (Å²) in [5.74, 6) is 0.293. The average Bonchev–Trinajstić information content (AvgIpc) is 2.37. The van der Waals surface area contributed by atoms with Crippen molar-refractivity contribution in [3.05, 3.63) is 0 Å². The summed E-state index contributed by atoms with van der Waals surface area (Å²) in [5.41, 5.74) is 5.94. The number of amides is 1. The lowest BCUT2D eigenvalue weighted by Gasteiger charge is -2.30. The van der Waals surface area contributed by atoms with Gasteiger partial charge in [-0.25, -0.2) is 0 Å². The van der Waals surface area contributed by atoms with E-state index in [1.165, 1.54) is 12.8 Å². The van der Waals surface area contributed by atoms with Gasteiger partial charge in [0.15, 0.2) is 0 Å². The highest BCUT2D eigenvalue weighted by atomic mass is 32.2. The summed E-state index contributed by atoms with van der Waals surface area (Å²) >= 11 is 1.91. The molecule has 1 aliphatic carbocycles. The monoisotopic (exact) mass is 258 g/mol. The van der Waals surface area contributed by atoms with Crippen molar-refractivity contribution in [1.29, 1.82) is 0 Å². The minimum absolute atomic E-state index is 0.0334. The number of carbonyl (C=O) groups excluding carboxylic acids is 1. The molecule has 0 bridgehead atoms. The van der Waals surface area contributed by atoms with E-state index >= 15 is 0 Å². The maximum absolute atomic E-state index is 12.0. The number of rotatable bonds is 5. The zero-order chi connectivity index (χ0) is 12.8. The van der Waals surface area contributed by atoms with Crippen LogP contribution < -0.4 is 11.1 Å². The third-order valence-electron chi connectivity index (χ3n) is 3.87. The molecule has 0 aliphatic heterocycles. The van der Waals surface area contributed by atoms with E-state index in [0.29, 0.717) is 11.3 Å². The largest absolute Gasteiger partial charge is 0.352 e. The van der Waals surface area contributed by atoms with E-state index in [-0.39, 0.29) is 17.9 Å². The molecule has 0 saturated heterocycles. The third-order valence-corrected chi connectivity index (χ3v) is 4.96. The summed E-state index contributed by atoms with van der Waals surface area (Å²) in [5, 5.41) is 3.82. The minimum Gasteiger partial charge on any atom is -0.352 e. The molecule has 1 rings (SSSR count). The Hall–Kier alpha value is -0.220. The molecule has 0 radical (unpaired) electrons. The molecule has 3 N–H and O–H groups in total. The number of carbonyl (C=O) groups is 1. The summed E-state index contributed by atoms with van der Waals surface area (Å²) < 4.78 is 0. The quantitative estimate of drug-likeness (QED) is 0.794. The maximum atomic E-state index is 12.0. The molecule has 3 nitrogen and oxygen atoms in total. The van der Waals surface area contributed by atoms with Crippen molar-refractivity contribution in [2.45, 2.75) is 63.3 Å². The van der Waals surface area contributed by atoms with Gasteiger partial charge in [0.05, 0.1) is 6.04 Å². The van der Waals surface area contributed by atoms with Gasteiger partial charge in [0, 0.05) is 11.3 Å². The van der Waals surface area contributed by atoms with E-state index in [1.54, 1.807) is 0 Å². The lowest BCUT2D eigenvalue weighted by Crippen LogP contribution is -2.49. The Morgan fingerprint density at radius 3 is 2.82 bits per heavy atom. The van der Waals surface area contributed by atoms with E-state index in [2.05, 4.69) is 18.5 Å². The Labute approximate surface area is 109 Å². The molecule has 4 atom stereocenters. The van der Waals surface area contributed by atoms with E-state index in [1.807, 2.05) is 18.7 Å². The van der Waals surface area contributed by atoms with E-state index in [0.717, 1.165) is 19.3 Å². The fourth-order valence-electron chi connectivity index (χ4n) is 2.30. The number of hydrogen-bond acceptors (Lipinski definition) is 3. The van der Waals surface area contributed by atoms with E-state index < -0.39 is 0 Å². The third kappa shape index (κ3) is 4.51. The van der Waals surface area contributed by atoms with Gasteiger partial charge in [-0.15, -0.1) is 0 Å². The number of hydrogen-bond donors (Lipinski definition) is 2. The Morgan fingerprint density at radius 2 is 2.24 bits per heavy atom. The van der Waals surface area contributed by atoms with Crippen LogP contribution in [0.2, 0.25) is 0 Å². The summed E-state index contributed by atoms with van der Waals surface area (Å²) in [6, 6.07) is -0.0153. The van der Waals surface area contributed by atoms with Crippen LogP contribution in [0.1, 0.15) is 46.0 Å². The molecule has 4 unspecified atom stereocenters. The summed E-state index contributed by atoms with van der Waals surface area (Å²) in [7, 11) is 0. The Kier molecular flexibility index (Phi) is 6.34. The van der Waals surface area contributed by atoms with Crippen LogP contribution >= 0.6 is 11.8 Å². The Morgan fingerprint density at radius 1 is 1.53 bits per heavy atom. The molecule has 0 spiro atoms. The molecule has 4 heteroatoms. The molecule has 1 aliphatic rings. The van der Waals surface area contributed by atoms with Crippen LogP contribution in [-0.4, -0.2) is 29.5 Å². The van der Waals surface area contributed by atoms with Crippen molar-refractivity contribution in [1.82, 2.24) is 5.32 Å². The van der Waals surface area contributed by atoms with E-state index in [9.17, 15) is 4.79 Å². The van der Waals surface area contributed by atoms with E-state index in [4.69, 9.17) is 5.73 Å². The van der Waals surface area contributed by atoms with Gasteiger partial charge in [-0.3, -0.25) is 4.79 Å². The normalized spacial score (nSPS) is 28.5. The average molecular weight is 258 g/mol. The number of nitrogens with one attached hydrogen (secondary N) is 1. The molecule has 0 heterocycles. The Bertz CT molecular complexity index is 248. The van der Waals surface area contributed by atoms with Gasteiger partial charge in [0.2, 0.25) is 5.91 Å². The van der Waals surface area contributed by atoms with Gasteiger partial charge >= 0.3 is 0 Å². The van der Waals surface area contributed by atoms with Crippen LogP contribution in [0.5, 0.6) is 0 Å². The van der Waals surface area contributed by atoms with Gasteiger partial charge in [-0.2, -0.15) is 11.8 Å². The lowest BCUT2D eigenvalue weighted by atomic mass is 9.93. The SMILES string of the molecule is CCC(C)C(N)C(=O)NC1CCCC(SC)C1. The van der Waals surface area contributed by atoms with Gasteiger partial charge in [0.25, 0.3) is 0 Å². The van der Waals surface area contributed by atoms with Crippen LogP contribution in [0, 0.1) is 5.92 Å². The molecule has 0 aromatic heterocycles. The summed E-state index contributed by atoms with van der Waals surface area (Å²) in [6.07, 6.45) is 7.81. The first kappa shape index (κ1) is 14.8. The topological polar surface area (TPSA) is 55.1 Å². The summed E-state index contributed by atoms with van der Waals surface area (Å²) in [6.45, 7) is 4.11. The zero-order valence-corrected chi connectivity index (χ0v) is 12.1. The Balaban J connectivity index is 2.40. The van der Waals surface area contributed by atoms with Crippen LogP contribution in [-0.2, 0) is 4.79 Å². The maximum Gasteiger partial charge on any atom is 0.237 e. The van der Waals surface area contributed by atoms with Crippen molar-refractivity contribution in [3.8, 4) is 0 Å². The first-order chi connectivity index (χ1) is 8.08. The van der Waals surface area contributed by atoms with Crippen molar-refractivity contribution >= 4 is 17.7 Å². The molecule has 100 valence electrons. The molecule has 0 aromatic carbocycles. The minimum atomic E-state index is -0.352. The van der Waals surface area contributed by atoms with Gasteiger partial charge in [-0.1, -0.05) is 26.7 Å². The fourth-order valence-corrected chi connectivity index (χ4v) is 3.13. The van der Waals surface area contributed by atoms with Gasteiger partial charge in [-0.05, 0) is 31.4 Å². The van der Waals surface area contributed by atoms with Crippen molar-refractivity contribution in [2.75, 3.05) is 6.26 Å². The first-order valence-corrected chi connectivity index (χ1v) is 7.96. The molecule has 0 aromatic rings. The second-order valence-electron chi connectivity index (χ2n) is 5.14. The molecule has 1 saturated carbocycles. The highest BCUT2D eigenvalue weighted by Crippen LogP contribution is 2.26. The van der Waals surface area contributed by atoms with Crippen LogP contribution in [0.25, 0.3) is 0 Å². The number of nitrogens with two attached hydrogens (primary N) is 1. The number of thioether (sulfide) groups is 1. The van der Waals surface area contributed by atoms with Gasteiger partial charge in [0.1, 0.15) is 0 Å². The highest BCUT2D eigenvalue weighted by molar-refractivity contribution is 7.99. The molecular weight excluding hydrogens is 232 g/mol. The van der Waals surface area contributed by atoms with Crippen molar-refractivity contribution in [3.63, 3.8) is 0 Å². The second kappa shape index (κ2) is 7.27. The molecule has 1 amide bonds. The van der Waals surface area contributed by atoms with Crippen molar-refractivity contribution in [2.24, 2.45) is 11.7 Å². The lowest BCUT2D eigenvalue weighted by molar-refractivity contribution is -0.124. The fraction of sp³-hybridized carbons (Fsp3) is 0.923. The van der Waals surface area contributed by atoms with Gasteiger partial charge < -0.3 is 11.1 Å².